The SMILES string of the molecule is O=C(CCN(CC1CCCO1)C(=O)c1cc(-c2ccccc2Cl)on1)N1CCOCC1. The summed E-state index contributed by atoms with van der Waals surface area (Å²) in [5.41, 5.74) is 0.857. The molecule has 2 aromatic rings. The normalized spacial score (nSPS) is 18.9. The first-order chi connectivity index (χ1) is 15.1. The first-order valence-corrected chi connectivity index (χ1v) is 11.0. The number of aromatic nitrogens is 1. The van der Waals surface area contributed by atoms with Crippen molar-refractivity contribution in [2.45, 2.75) is 25.4 Å². The summed E-state index contributed by atoms with van der Waals surface area (Å²) >= 11 is 6.23. The lowest BCUT2D eigenvalue weighted by molar-refractivity contribution is -0.135. The summed E-state index contributed by atoms with van der Waals surface area (Å²) in [6.45, 7) is 3.68. The molecule has 2 fully saturated rings. The largest absolute Gasteiger partial charge is 0.378 e. The van der Waals surface area contributed by atoms with Crippen molar-refractivity contribution in [3.05, 3.63) is 41.0 Å². The summed E-state index contributed by atoms with van der Waals surface area (Å²) in [4.78, 5) is 29.2. The van der Waals surface area contributed by atoms with Crippen LogP contribution in [0.25, 0.3) is 11.3 Å². The fourth-order valence-corrected chi connectivity index (χ4v) is 4.07. The molecule has 166 valence electrons. The molecular formula is C22H26ClN3O5. The number of morpholine rings is 1. The number of amides is 2. The van der Waals surface area contributed by atoms with Gasteiger partial charge >= 0.3 is 0 Å². The van der Waals surface area contributed by atoms with Gasteiger partial charge in [0.15, 0.2) is 11.5 Å². The van der Waals surface area contributed by atoms with Crippen LogP contribution in [0.1, 0.15) is 29.8 Å². The van der Waals surface area contributed by atoms with E-state index in [0.717, 1.165) is 12.8 Å². The van der Waals surface area contributed by atoms with Gasteiger partial charge in [0, 0.05) is 50.8 Å². The highest BCUT2D eigenvalue weighted by molar-refractivity contribution is 6.33. The van der Waals surface area contributed by atoms with E-state index in [1.54, 1.807) is 21.9 Å². The van der Waals surface area contributed by atoms with E-state index >= 15 is 0 Å². The molecule has 0 bridgehead atoms. The summed E-state index contributed by atoms with van der Waals surface area (Å²) in [6.07, 6.45) is 2.08. The van der Waals surface area contributed by atoms with E-state index < -0.39 is 0 Å². The van der Waals surface area contributed by atoms with Gasteiger partial charge in [0.05, 0.1) is 24.3 Å². The Morgan fingerprint density at radius 1 is 1.19 bits per heavy atom. The Kier molecular flexibility index (Phi) is 7.21. The average Bonchev–Trinajstić information content (AvgIpc) is 3.49. The van der Waals surface area contributed by atoms with Crippen LogP contribution in [-0.2, 0) is 14.3 Å². The smallest absolute Gasteiger partial charge is 0.276 e. The topological polar surface area (TPSA) is 85.1 Å². The van der Waals surface area contributed by atoms with Gasteiger partial charge in [-0.2, -0.15) is 0 Å². The Morgan fingerprint density at radius 3 is 2.74 bits per heavy atom. The maximum atomic E-state index is 13.2. The molecular weight excluding hydrogens is 422 g/mol. The molecule has 1 unspecified atom stereocenters. The molecule has 1 atom stereocenters. The molecule has 8 nitrogen and oxygen atoms in total. The second kappa shape index (κ2) is 10.3. The molecule has 31 heavy (non-hydrogen) atoms. The second-order valence-electron chi connectivity index (χ2n) is 7.69. The minimum atomic E-state index is -0.285. The van der Waals surface area contributed by atoms with Crippen molar-refractivity contribution in [1.82, 2.24) is 15.0 Å². The van der Waals surface area contributed by atoms with Crippen LogP contribution in [0, 0.1) is 0 Å². The molecule has 1 aromatic heterocycles. The minimum absolute atomic E-state index is 0.0188. The number of hydrogen-bond acceptors (Lipinski definition) is 6. The summed E-state index contributed by atoms with van der Waals surface area (Å²) in [5, 5.41) is 4.49. The maximum absolute atomic E-state index is 13.2. The number of carbonyl (C=O) groups excluding carboxylic acids is 2. The molecule has 0 saturated carbocycles. The molecule has 0 aliphatic carbocycles. The van der Waals surface area contributed by atoms with Crippen LogP contribution in [-0.4, -0.2) is 78.9 Å². The monoisotopic (exact) mass is 447 g/mol. The molecule has 2 saturated heterocycles. The first-order valence-electron chi connectivity index (χ1n) is 10.6. The Labute approximate surface area is 186 Å². The van der Waals surface area contributed by atoms with E-state index in [9.17, 15) is 9.59 Å². The van der Waals surface area contributed by atoms with Crippen LogP contribution in [0.5, 0.6) is 0 Å². The van der Waals surface area contributed by atoms with Gasteiger partial charge in [-0.15, -0.1) is 0 Å². The summed E-state index contributed by atoms with van der Waals surface area (Å²) < 4.78 is 16.4. The van der Waals surface area contributed by atoms with Crippen LogP contribution >= 0.6 is 11.6 Å². The van der Waals surface area contributed by atoms with Gasteiger partial charge in [-0.1, -0.05) is 28.9 Å². The molecule has 1 aromatic carbocycles. The van der Waals surface area contributed by atoms with Crippen molar-refractivity contribution >= 4 is 23.4 Å². The summed E-state index contributed by atoms with van der Waals surface area (Å²) in [7, 11) is 0. The number of carbonyl (C=O) groups is 2. The van der Waals surface area contributed by atoms with Crippen LogP contribution < -0.4 is 0 Å². The molecule has 0 radical (unpaired) electrons. The highest BCUT2D eigenvalue weighted by atomic mass is 35.5. The number of nitrogens with zero attached hydrogens (tertiary/aromatic N) is 3. The third kappa shape index (κ3) is 5.44. The molecule has 9 heteroatoms. The quantitative estimate of drug-likeness (QED) is 0.648. The lowest BCUT2D eigenvalue weighted by atomic mass is 10.1. The zero-order chi connectivity index (χ0) is 21.6. The van der Waals surface area contributed by atoms with Gasteiger partial charge in [0.2, 0.25) is 5.91 Å². The zero-order valence-corrected chi connectivity index (χ0v) is 18.1. The maximum Gasteiger partial charge on any atom is 0.276 e. The predicted octanol–water partition coefficient (Wildman–Crippen LogP) is 2.87. The van der Waals surface area contributed by atoms with Crippen LogP contribution in [0.2, 0.25) is 5.02 Å². The van der Waals surface area contributed by atoms with Crippen molar-refractivity contribution in [3.8, 4) is 11.3 Å². The number of halogens is 1. The van der Waals surface area contributed by atoms with Crippen molar-refractivity contribution in [1.29, 1.82) is 0 Å². The van der Waals surface area contributed by atoms with Crippen LogP contribution in [0.15, 0.2) is 34.9 Å². The van der Waals surface area contributed by atoms with E-state index in [4.69, 9.17) is 25.6 Å². The Bertz CT molecular complexity index is 906. The van der Waals surface area contributed by atoms with Crippen LogP contribution in [0.3, 0.4) is 0 Å². The predicted molar refractivity (Wildman–Crippen MR) is 114 cm³/mol. The number of ether oxygens (including phenoxy) is 2. The van der Waals surface area contributed by atoms with Crippen molar-refractivity contribution in [2.75, 3.05) is 46.0 Å². The highest BCUT2D eigenvalue weighted by Crippen LogP contribution is 2.28. The lowest BCUT2D eigenvalue weighted by Gasteiger charge is -2.29. The van der Waals surface area contributed by atoms with Gasteiger partial charge in [-0.25, -0.2) is 0 Å². The number of hydrogen-bond donors (Lipinski definition) is 0. The average molecular weight is 448 g/mol. The molecule has 2 amide bonds. The van der Waals surface area contributed by atoms with Gasteiger partial charge in [-0.05, 0) is 25.0 Å². The van der Waals surface area contributed by atoms with Gasteiger partial charge < -0.3 is 23.8 Å². The first kappa shape index (κ1) is 21.8. The fraction of sp³-hybridized carbons (Fsp3) is 0.500. The molecule has 0 N–H and O–H groups in total. The Morgan fingerprint density at radius 2 is 2.00 bits per heavy atom. The molecule has 2 aliphatic rings. The second-order valence-corrected chi connectivity index (χ2v) is 8.09. The minimum Gasteiger partial charge on any atom is -0.378 e. The third-order valence-electron chi connectivity index (χ3n) is 5.56. The third-order valence-corrected chi connectivity index (χ3v) is 5.89. The van der Waals surface area contributed by atoms with E-state index in [1.165, 1.54) is 0 Å². The van der Waals surface area contributed by atoms with Crippen LogP contribution in [0.4, 0.5) is 0 Å². The van der Waals surface area contributed by atoms with Gasteiger partial charge in [-0.3, -0.25) is 9.59 Å². The summed E-state index contributed by atoms with van der Waals surface area (Å²) in [6, 6.07) is 8.81. The van der Waals surface area contributed by atoms with Gasteiger partial charge in [0.1, 0.15) is 0 Å². The van der Waals surface area contributed by atoms with Gasteiger partial charge in [0.25, 0.3) is 5.91 Å². The molecule has 4 rings (SSSR count). The van der Waals surface area contributed by atoms with Crippen molar-refractivity contribution in [3.63, 3.8) is 0 Å². The number of benzene rings is 1. The Hall–Kier alpha value is -2.42. The van der Waals surface area contributed by atoms with E-state index in [-0.39, 0.29) is 30.0 Å². The van der Waals surface area contributed by atoms with E-state index in [2.05, 4.69) is 5.16 Å². The van der Waals surface area contributed by atoms with E-state index in [0.29, 0.717) is 62.3 Å². The highest BCUT2D eigenvalue weighted by Gasteiger charge is 2.27. The standard InChI is InChI=1S/C22H26ClN3O5/c23-18-6-2-1-5-17(18)20-14-19(24-31-20)22(28)26(15-16-4-3-11-30-16)8-7-21(27)25-9-12-29-13-10-25/h1-2,5-6,14,16H,3-4,7-13,15H2. The van der Waals surface area contributed by atoms with Crippen molar-refractivity contribution < 1.29 is 23.6 Å². The number of rotatable bonds is 7. The Balaban J connectivity index is 1.46. The molecule has 2 aliphatic heterocycles. The fourth-order valence-electron chi connectivity index (χ4n) is 3.84. The van der Waals surface area contributed by atoms with E-state index in [1.807, 2.05) is 18.2 Å². The molecule has 3 heterocycles. The lowest BCUT2D eigenvalue weighted by Crippen LogP contribution is -2.44. The zero-order valence-electron chi connectivity index (χ0n) is 17.3. The molecule has 0 spiro atoms. The van der Waals surface area contributed by atoms with Crippen molar-refractivity contribution in [2.24, 2.45) is 0 Å². The summed E-state index contributed by atoms with van der Waals surface area (Å²) in [5.74, 6) is 0.160.